The molecule has 1 aromatic heterocycles. The maximum Gasteiger partial charge on any atom is 0.347 e. The van der Waals surface area contributed by atoms with Crippen LogP contribution >= 0.6 is 0 Å². The van der Waals surface area contributed by atoms with E-state index in [0.717, 1.165) is 36.0 Å². The molecule has 5 nitrogen and oxygen atoms in total. The Bertz CT molecular complexity index is 791. The number of rotatable bonds is 8. The number of nitrogens with zero attached hydrogens (tertiary/aromatic N) is 1. The highest BCUT2D eigenvalue weighted by Gasteiger charge is 2.24. The average molecular weight is 371 g/mol. The largest absolute Gasteiger partial charge is 0.492 e. The molecular weight excluding hydrogens is 342 g/mol. The molecule has 0 aliphatic rings. The quantitative estimate of drug-likeness (QED) is 0.455. The van der Waals surface area contributed by atoms with Crippen LogP contribution in [0.2, 0.25) is 0 Å². The molecule has 0 radical (unpaired) electrons. The lowest BCUT2D eigenvalue weighted by Gasteiger charge is -2.17. The lowest BCUT2D eigenvalue weighted by atomic mass is 10.1. The summed E-state index contributed by atoms with van der Waals surface area (Å²) in [6.07, 6.45) is 3.09. The van der Waals surface area contributed by atoms with Gasteiger partial charge in [-0.05, 0) is 45.2 Å². The minimum Gasteiger partial charge on any atom is -0.492 e. The number of esters is 1. The Morgan fingerprint density at radius 1 is 1.04 bits per heavy atom. The number of unbranched alkanes of at least 4 members (excludes halogenated alkanes) is 2. The lowest BCUT2D eigenvalue weighted by molar-refractivity contribution is 0.0592. The van der Waals surface area contributed by atoms with Gasteiger partial charge in [0.25, 0.3) is 0 Å². The number of hydrogen-bond donors (Lipinski definition) is 0. The van der Waals surface area contributed by atoms with Gasteiger partial charge in [-0.15, -0.1) is 0 Å². The highest BCUT2D eigenvalue weighted by Crippen LogP contribution is 2.35. The summed E-state index contributed by atoms with van der Waals surface area (Å²) in [4.78, 5) is 16.9. The maximum absolute atomic E-state index is 12.4. The summed E-state index contributed by atoms with van der Waals surface area (Å²) >= 11 is 0. The highest BCUT2D eigenvalue weighted by molar-refractivity contribution is 5.95. The summed E-state index contributed by atoms with van der Waals surface area (Å²) in [6, 6.07) is 5.83. The average Bonchev–Trinajstić information content (AvgIpc) is 2.61. The topological polar surface area (TPSA) is 57.7 Å². The van der Waals surface area contributed by atoms with Gasteiger partial charge in [-0.2, -0.15) is 0 Å². The molecule has 1 aromatic carbocycles. The van der Waals surface area contributed by atoms with Crippen LogP contribution in [0.5, 0.6) is 17.4 Å². The van der Waals surface area contributed by atoms with Gasteiger partial charge >= 0.3 is 5.97 Å². The van der Waals surface area contributed by atoms with Crippen LogP contribution in [0.25, 0.3) is 0 Å². The van der Waals surface area contributed by atoms with Gasteiger partial charge in [0, 0.05) is 11.8 Å². The summed E-state index contributed by atoms with van der Waals surface area (Å²) < 4.78 is 16.9. The molecule has 2 aromatic rings. The molecule has 0 unspecified atom stereocenters. The second-order valence-electron chi connectivity index (χ2n) is 6.82. The fourth-order valence-electron chi connectivity index (χ4n) is 3.05. The molecule has 0 bridgehead atoms. The SMILES string of the molecule is CCCCCOc1cc(C)nc(Oc2c(C)cc(C)cc2C)c1C(=O)OC. The molecule has 0 atom stereocenters. The minimum atomic E-state index is -0.523. The van der Waals surface area contributed by atoms with E-state index in [1.165, 1.54) is 7.11 Å². The third-order valence-electron chi connectivity index (χ3n) is 4.28. The lowest BCUT2D eigenvalue weighted by Crippen LogP contribution is -2.11. The van der Waals surface area contributed by atoms with Crippen molar-refractivity contribution in [2.24, 2.45) is 0 Å². The third-order valence-corrected chi connectivity index (χ3v) is 4.28. The molecule has 0 aliphatic carbocycles. The van der Waals surface area contributed by atoms with Crippen molar-refractivity contribution in [3.63, 3.8) is 0 Å². The van der Waals surface area contributed by atoms with Crippen molar-refractivity contribution in [3.05, 3.63) is 46.1 Å². The summed E-state index contributed by atoms with van der Waals surface area (Å²) in [7, 11) is 1.34. The Hall–Kier alpha value is -2.56. The number of aryl methyl sites for hydroxylation is 4. The number of carbonyl (C=O) groups is 1. The zero-order chi connectivity index (χ0) is 20.0. The number of methoxy groups -OCH3 is 1. The van der Waals surface area contributed by atoms with Gasteiger partial charge in [-0.1, -0.05) is 37.5 Å². The van der Waals surface area contributed by atoms with E-state index >= 15 is 0 Å². The second-order valence-corrected chi connectivity index (χ2v) is 6.82. The molecule has 2 rings (SSSR count). The minimum absolute atomic E-state index is 0.211. The van der Waals surface area contributed by atoms with Gasteiger partial charge in [-0.3, -0.25) is 0 Å². The number of aromatic nitrogens is 1. The van der Waals surface area contributed by atoms with Gasteiger partial charge in [0.15, 0.2) is 5.56 Å². The van der Waals surface area contributed by atoms with Gasteiger partial charge in [0.1, 0.15) is 11.5 Å². The Labute approximate surface area is 161 Å². The standard InChI is InChI=1S/C22H29NO4/c1-7-8-9-10-26-18-13-17(5)23-21(19(18)22(24)25-6)27-20-15(3)11-14(2)12-16(20)4/h11-13H,7-10H2,1-6H3. The first kappa shape index (κ1) is 20.7. The Kier molecular flexibility index (Phi) is 7.22. The monoisotopic (exact) mass is 371 g/mol. The number of ether oxygens (including phenoxy) is 3. The van der Waals surface area contributed by atoms with Gasteiger partial charge in [0.2, 0.25) is 5.88 Å². The first-order valence-electron chi connectivity index (χ1n) is 9.35. The van der Waals surface area contributed by atoms with E-state index in [-0.39, 0.29) is 11.4 Å². The van der Waals surface area contributed by atoms with Crippen LogP contribution in [0.15, 0.2) is 18.2 Å². The molecule has 27 heavy (non-hydrogen) atoms. The molecule has 0 spiro atoms. The fraction of sp³-hybridized carbons (Fsp3) is 0.455. The Morgan fingerprint density at radius 3 is 2.30 bits per heavy atom. The number of carbonyl (C=O) groups excluding carboxylic acids is 1. The molecule has 5 heteroatoms. The van der Waals surface area contributed by atoms with Crippen LogP contribution < -0.4 is 9.47 Å². The second kappa shape index (κ2) is 9.40. The number of hydrogen-bond acceptors (Lipinski definition) is 5. The molecule has 0 saturated carbocycles. The third kappa shape index (κ3) is 5.22. The van der Waals surface area contributed by atoms with E-state index in [0.29, 0.717) is 23.8 Å². The van der Waals surface area contributed by atoms with E-state index < -0.39 is 5.97 Å². The van der Waals surface area contributed by atoms with E-state index in [9.17, 15) is 4.79 Å². The van der Waals surface area contributed by atoms with E-state index in [2.05, 4.69) is 11.9 Å². The van der Waals surface area contributed by atoms with E-state index in [4.69, 9.17) is 14.2 Å². The number of pyridine rings is 1. The summed E-state index contributed by atoms with van der Waals surface area (Å²) in [5.74, 6) is 0.830. The molecule has 1 heterocycles. The van der Waals surface area contributed by atoms with E-state index in [1.54, 1.807) is 6.07 Å². The Morgan fingerprint density at radius 2 is 1.70 bits per heavy atom. The maximum atomic E-state index is 12.4. The van der Waals surface area contributed by atoms with Crippen molar-refractivity contribution >= 4 is 5.97 Å². The van der Waals surface area contributed by atoms with Crippen LogP contribution in [0.1, 0.15) is 58.9 Å². The molecule has 0 fully saturated rings. The van der Waals surface area contributed by atoms with Gasteiger partial charge < -0.3 is 14.2 Å². The van der Waals surface area contributed by atoms with Crippen molar-refractivity contribution in [3.8, 4) is 17.4 Å². The van der Waals surface area contributed by atoms with Crippen molar-refractivity contribution in [2.45, 2.75) is 53.9 Å². The predicted octanol–water partition coefficient (Wildman–Crippen LogP) is 5.46. The van der Waals surface area contributed by atoms with Gasteiger partial charge in [-0.25, -0.2) is 9.78 Å². The summed E-state index contributed by atoms with van der Waals surface area (Å²) in [5, 5.41) is 0. The first-order valence-corrected chi connectivity index (χ1v) is 9.35. The summed E-state index contributed by atoms with van der Waals surface area (Å²) in [6.45, 7) is 10.5. The zero-order valence-electron chi connectivity index (χ0n) is 17.1. The summed E-state index contributed by atoms with van der Waals surface area (Å²) in [5.41, 5.74) is 4.06. The van der Waals surface area contributed by atoms with Crippen LogP contribution in [0, 0.1) is 27.7 Å². The van der Waals surface area contributed by atoms with Crippen LogP contribution in [0.3, 0.4) is 0 Å². The smallest absolute Gasteiger partial charge is 0.347 e. The molecule has 0 N–H and O–H groups in total. The molecule has 0 amide bonds. The van der Waals surface area contributed by atoms with Crippen molar-refractivity contribution in [1.82, 2.24) is 4.98 Å². The zero-order valence-corrected chi connectivity index (χ0v) is 17.1. The normalized spacial score (nSPS) is 10.6. The molecule has 0 saturated heterocycles. The van der Waals surface area contributed by atoms with Crippen molar-refractivity contribution < 1.29 is 19.0 Å². The van der Waals surface area contributed by atoms with Crippen molar-refractivity contribution in [1.29, 1.82) is 0 Å². The molecule has 0 aliphatic heterocycles. The highest BCUT2D eigenvalue weighted by atomic mass is 16.5. The van der Waals surface area contributed by atoms with Crippen LogP contribution in [-0.2, 0) is 4.74 Å². The van der Waals surface area contributed by atoms with Gasteiger partial charge in [0.05, 0.1) is 13.7 Å². The van der Waals surface area contributed by atoms with Crippen molar-refractivity contribution in [2.75, 3.05) is 13.7 Å². The number of benzene rings is 1. The van der Waals surface area contributed by atoms with E-state index in [1.807, 2.05) is 39.8 Å². The molecular formula is C22H29NO4. The predicted molar refractivity (Wildman–Crippen MR) is 106 cm³/mol. The fourth-order valence-corrected chi connectivity index (χ4v) is 3.05. The van der Waals surface area contributed by atoms with Crippen LogP contribution in [-0.4, -0.2) is 24.7 Å². The Balaban J connectivity index is 2.45. The first-order chi connectivity index (χ1) is 12.9. The van der Waals surface area contributed by atoms with Crippen LogP contribution in [0.4, 0.5) is 0 Å². The molecule has 146 valence electrons.